The van der Waals surface area contributed by atoms with Crippen molar-refractivity contribution in [1.82, 2.24) is 24.3 Å². The van der Waals surface area contributed by atoms with Gasteiger partial charge in [-0.2, -0.15) is 13.2 Å². The lowest BCUT2D eigenvalue weighted by molar-refractivity contribution is -0.137. The van der Waals surface area contributed by atoms with Gasteiger partial charge in [-0.25, -0.2) is 15.0 Å². The van der Waals surface area contributed by atoms with E-state index in [0.717, 1.165) is 12.1 Å². The van der Waals surface area contributed by atoms with Crippen molar-refractivity contribution in [2.24, 2.45) is 0 Å². The van der Waals surface area contributed by atoms with E-state index in [-0.39, 0.29) is 18.1 Å². The van der Waals surface area contributed by atoms with Crippen LogP contribution in [0.4, 0.5) is 19.0 Å². The number of imidazole rings is 1. The molecule has 0 aliphatic carbocycles. The zero-order chi connectivity index (χ0) is 21.9. The molecule has 2 N–H and O–H groups in total. The van der Waals surface area contributed by atoms with E-state index in [4.69, 9.17) is 10.5 Å². The van der Waals surface area contributed by atoms with Crippen LogP contribution in [0.1, 0.15) is 27.7 Å². The van der Waals surface area contributed by atoms with Crippen LogP contribution in [0.2, 0.25) is 0 Å². The summed E-state index contributed by atoms with van der Waals surface area (Å²) in [5, 5.41) is 0. The number of carbonyl (C=O) groups is 1. The maximum Gasteiger partial charge on any atom is 0.416 e. The highest BCUT2D eigenvalue weighted by Crippen LogP contribution is 2.40. The largest absolute Gasteiger partial charge is 0.491 e. The van der Waals surface area contributed by atoms with Gasteiger partial charge in [-0.3, -0.25) is 9.20 Å². The lowest BCUT2D eigenvalue weighted by Crippen LogP contribution is -2.32. The second kappa shape index (κ2) is 6.56. The lowest BCUT2D eigenvalue weighted by Gasteiger charge is -2.23. The van der Waals surface area contributed by atoms with Crippen molar-refractivity contribution in [3.05, 3.63) is 59.8 Å². The first-order valence-corrected chi connectivity index (χ1v) is 9.22. The summed E-state index contributed by atoms with van der Waals surface area (Å²) in [4.78, 5) is 27.1. The first-order chi connectivity index (χ1) is 14.7. The maximum absolute atomic E-state index is 13.1. The van der Waals surface area contributed by atoms with E-state index in [2.05, 4.69) is 15.0 Å². The molecular formula is C20H15F3N6O2. The third-order valence-corrected chi connectivity index (χ3v) is 5.37. The molecule has 0 saturated heterocycles. The van der Waals surface area contributed by atoms with E-state index in [1.807, 2.05) is 0 Å². The summed E-state index contributed by atoms with van der Waals surface area (Å²) < 4.78 is 46.0. The number of benzene rings is 1. The Morgan fingerprint density at radius 2 is 2.06 bits per heavy atom. The van der Waals surface area contributed by atoms with Gasteiger partial charge >= 0.3 is 6.18 Å². The highest BCUT2D eigenvalue weighted by Gasteiger charge is 2.36. The fourth-order valence-electron chi connectivity index (χ4n) is 3.71. The Kier molecular flexibility index (Phi) is 4.04. The number of rotatable bonds is 2. The molecule has 0 saturated carbocycles. The Balaban J connectivity index is 1.49. The summed E-state index contributed by atoms with van der Waals surface area (Å²) in [6, 6.07) is 4.32. The second-order valence-electron chi connectivity index (χ2n) is 7.20. The number of nitrogens with zero attached hydrogens (tertiary/aromatic N) is 5. The number of anilines is 1. The molecule has 158 valence electrons. The van der Waals surface area contributed by atoms with Crippen molar-refractivity contribution in [1.29, 1.82) is 0 Å². The molecule has 1 aromatic carbocycles. The second-order valence-corrected chi connectivity index (χ2v) is 7.20. The van der Waals surface area contributed by atoms with E-state index in [1.165, 1.54) is 17.2 Å². The molecule has 3 aromatic heterocycles. The molecule has 0 spiro atoms. The average Bonchev–Trinajstić information content (AvgIpc) is 3.39. The van der Waals surface area contributed by atoms with Crippen molar-refractivity contribution < 1.29 is 22.7 Å². The molecule has 1 unspecified atom stereocenters. The van der Waals surface area contributed by atoms with Gasteiger partial charge in [0.05, 0.1) is 35.8 Å². The highest BCUT2D eigenvalue weighted by molar-refractivity contribution is 5.96. The van der Waals surface area contributed by atoms with Crippen LogP contribution in [0.5, 0.6) is 5.75 Å². The van der Waals surface area contributed by atoms with Gasteiger partial charge in [-0.15, -0.1) is 0 Å². The van der Waals surface area contributed by atoms with Crippen molar-refractivity contribution in [2.75, 3.05) is 19.4 Å². The minimum absolute atomic E-state index is 0.0519. The number of alkyl halides is 3. The van der Waals surface area contributed by atoms with Gasteiger partial charge in [0.25, 0.3) is 5.91 Å². The lowest BCUT2D eigenvalue weighted by atomic mass is 10.0. The molecule has 4 aromatic rings. The van der Waals surface area contributed by atoms with Gasteiger partial charge < -0.3 is 15.4 Å². The van der Waals surface area contributed by atoms with E-state index >= 15 is 0 Å². The quantitative estimate of drug-likeness (QED) is 0.527. The van der Waals surface area contributed by atoms with Gasteiger partial charge in [0, 0.05) is 12.6 Å². The molecule has 31 heavy (non-hydrogen) atoms. The number of likely N-dealkylation sites (N-methyl/N-ethyl adjacent to an activating group) is 1. The molecular weight excluding hydrogens is 413 g/mol. The highest BCUT2D eigenvalue weighted by atomic mass is 19.4. The maximum atomic E-state index is 13.1. The zero-order valence-corrected chi connectivity index (χ0v) is 16.1. The number of aromatic nitrogens is 4. The fraction of sp³-hybridized carbons (Fsp3) is 0.200. The van der Waals surface area contributed by atoms with Crippen molar-refractivity contribution in [3.8, 4) is 5.75 Å². The van der Waals surface area contributed by atoms with E-state index < -0.39 is 23.7 Å². The summed E-state index contributed by atoms with van der Waals surface area (Å²) in [5.74, 6) is 0.0000140. The first-order valence-electron chi connectivity index (χ1n) is 9.22. The van der Waals surface area contributed by atoms with Crippen molar-refractivity contribution in [2.45, 2.75) is 12.2 Å². The van der Waals surface area contributed by atoms with Gasteiger partial charge in [0.15, 0.2) is 0 Å². The fourth-order valence-corrected chi connectivity index (χ4v) is 3.71. The topological polar surface area (TPSA) is 98.6 Å². The standard InChI is InChI=1S/C20H15F3N6O2/c1-28(16-8-31-17-4-10(20(21,22)23)2-3-11(16)17)19(30)12-5-14-13(6-26-12)27-18(24)15-7-25-9-29(14)15/h2-7,9,16H,8H2,1H3,(H2,24,27). The third kappa shape index (κ3) is 3.00. The number of ether oxygens (including phenoxy) is 1. The van der Waals surface area contributed by atoms with Crippen LogP contribution in [-0.4, -0.2) is 43.8 Å². The normalized spacial score (nSPS) is 15.8. The zero-order valence-electron chi connectivity index (χ0n) is 16.1. The van der Waals surface area contributed by atoms with Crippen LogP contribution in [0, 0.1) is 0 Å². The van der Waals surface area contributed by atoms with Crippen LogP contribution in [0.25, 0.3) is 16.6 Å². The van der Waals surface area contributed by atoms with Crippen LogP contribution >= 0.6 is 0 Å². The smallest absolute Gasteiger partial charge is 0.416 e. The van der Waals surface area contributed by atoms with E-state index in [9.17, 15) is 18.0 Å². The summed E-state index contributed by atoms with van der Waals surface area (Å²) in [5.41, 5.74) is 7.48. The summed E-state index contributed by atoms with van der Waals surface area (Å²) in [6.07, 6.45) is 0.106. The number of halogens is 3. The molecule has 1 aliphatic heterocycles. The monoisotopic (exact) mass is 428 g/mol. The van der Waals surface area contributed by atoms with E-state index in [0.29, 0.717) is 27.9 Å². The van der Waals surface area contributed by atoms with Crippen molar-refractivity contribution >= 4 is 28.3 Å². The van der Waals surface area contributed by atoms with Crippen LogP contribution in [0.15, 0.2) is 43.0 Å². The van der Waals surface area contributed by atoms with Crippen LogP contribution in [0.3, 0.4) is 0 Å². The average molecular weight is 428 g/mol. The molecule has 1 atom stereocenters. The first kappa shape index (κ1) is 19.1. The molecule has 5 rings (SSSR count). The minimum atomic E-state index is -4.47. The molecule has 0 bridgehead atoms. The molecule has 11 heteroatoms. The summed E-state index contributed by atoms with van der Waals surface area (Å²) >= 11 is 0. The third-order valence-electron chi connectivity index (χ3n) is 5.37. The Hall–Kier alpha value is -3.89. The predicted octanol–water partition coefficient (Wildman–Crippen LogP) is 3.08. The number of hydrogen-bond acceptors (Lipinski definition) is 6. The Morgan fingerprint density at radius 3 is 2.84 bits per heavy atom. The number of carbonyl (C=O) groups excluding carboxylic acids is 1. The Bertz CT molecular complexity index is 1350. The molecule has 0 fully saturated rings. The van der Waals surface area contributed by atoms with Gasteiger partial charge in [0.2, 0.25) is 0 Å². The summed E-state index contributed by atoms with van der Waals surface area (Å²) in [6.45, 7) is 0.0519. The van der Waals surface area contributed by atoms with Crippen molar-refractivity contribution in [3.63, 3.8) is 0 Å². The molecule has 0 radical (unpaired) electrons. The predicted molar refractivity (Wildman–Crippen MR) is 104 cm³/mol. The SMILES string of the molecule is CN(C(=O)c1cc2c(cn1)nc(N)c1cncn12)C1COc2cc(C(F)(F)F)ccc21. The minimum Gasteiger partial charge on any atom is -0.491 e. The molecule has 1 amide bonds. The van der Waals surface area contributed by atoms with E-state index in [1.54, 1.807) is 30.0 Å². The Morgan fingerprint density at radius 1 is 1.26 bits per heavy atom. The number of hydrogen-bond donors (Lipinski definition) is 1. The van der Waals surface area contributed by atoms with Crippen LogP contribution < -0.4 is 10.5 Å². The number of amides is 1. The van der Waals surface area contributed by atoms with Gasteiger partial charge in [-0.05, 0) is 18.2 Å². The number of nitrogen functional groups attached to an aromatic ring is 1. The Labute approximate surface area is 173 Å². The van der Waals surface area contributed by atoms with Gasteiger partial charge in [0.1, 0.15) is 34.9 Å². The molecule has 1 aliphatic rings. The summed E-state index contributed by atoms with van der Waals surface area (Å²) in [7, 11) is 1.56. The number of pyridine rings is 1. The molecule has 8 nitrogen and oxygen atoms in total. The molecule has 4 heterocycles. The van der Waals surface area contributed by atoms with Crippen LogP contribution in [-0.2, 0) is 6.18 Å². The number of fused-ring (bicyclic) bond motifs is 4. The number of nitrogens with two attached hydrogens (primary N) is 1. The van der Waals surface area contributed by atoms with Gasteiger partial charge in [-0.1, -0.05) is 6.07 Å².